The Morgan fingerprint density at radius 3 is 2.88 bits per heavy atom. The molecule has 1 aliphatic rings. The topological polar surface area (TPSA) is 47.0 Å². The third-order valence-electron chi connectivity index (χ3n) is 3.17. The second kappa shape index (κ2) is 5.84. The van der Waals surface area contributed by atoms with Crippen LogP contribution in [0.1, 0.15) is 38.3 Å². The smallest absolute Gasteiger partial charge is 0.226 e. The van der Waals surface area contributed by atoms with Crippen molar-refractivity contribution in [2.75, 3.05) is 18.5 Å². The van der Waals surface area contributed by atoms with Gasteiger partial charge in [0, 0.05) is 18.3 Å². The molecule has 0 amide bonds. The zero-order valence-corrected chi connectivity index (χ0v) is 10.7. The normalized spacial score (nSPS) is 15.4. The van der Waals surface area contributed by atoms with Gasteiger partial charge in [-0.05, 0) is 26.2 Å². The van der Waals surface area contributed by atoms with Crippen molar-refractivity contribution in [2.24, 2.45) is 5.92 Å². The molecule has 0 aliphatic heterocycles. The fraction of sp³-hybridized carbons (Fsp3) is 0.692. The van der Waals surface area contributed by atoms with Crippen molar-refractivity contribution >= 4 is 5.95 Å². The Labute approximate surface area is 103 Å². The maximum absolute atomic E-state index is 5.69. The highest BCUT2D eigenvalue weighted by atomic mass is 16.5. The summed E-state index contributed by atoms with van der Waals surface area (Å²) in [7, 11) is 0. The third kappa shape index (κ3) is 3.58. The molecule has 0 unspecified atom stereocenters. The van der Waals surface area contributed by atoms with Gasteiger partial charge in [-0.1, -0.05) is 19.3 Å². The third-order valence-corrected chi connectivity index (χ3v) is 3.17. The molecule has 0 bridgehead atoms. The Morgan fingerprint density at radius 1 is 1.41 bits per heavy atom. The molecule has 1 fully saturated rings. The van der Waals surface area contributed by atoms with Gasteiger partial charge >= 0.3 is 0 Å². The molecule has 1 aromatic rings. The predicted octanol–water partition coefficient (Wildman–Crippen LogP) is 2.79. The lowest BCUT2D eigenvalue weighted by atomic mass is 9.83. The summed E-state index contributed by atoms with van der Waals surface area (Å²) >= 11 is 0. The van der Waals surface area contributed by atoms with Crippen molar-refractivity contribution in [3.8, 4) is 5.88 Å². The second-order valence-corrected chi connectivity index (χ2v) is 4.64. The lowest BCUT2D eigenvalue weighted by molar-refractivity contribution is 0.217. The standard InChI is InChI=1S/C13H21N3O/c1-3-14-13-15-10(2)9-12(16-13)17-8-7-11-5-4-6-11/h9,11H,3-8H2,1-2H3,(H,14,15,16). The first-order valence-electron chi connectivity index (χ1n) is 6.50. The highest BCUT2D eigenvalue weighted by molar-refractivity contribution is 5.30. The molecule has 1 aromatic heterocycles. The highest BCUT2D eigenvalue weighted by Crippen LogP contribution is 2.29. The van der Waals surface area contributed by atoms with Crippen LogP contribution in [0.25, 0.3) is 0 Å². The Bertz CT molecular complexity index is 364. The van der Waals surface area contributed by atoms with Gasteiger partial charge in [0.2, 0.25) is 11.8 Å². The summed E-state index contributed by atoms with van der Waals surface area (Å²) in [6.45, 7) is 5.59. The van der Waals surface area contributed by atoms with E-state index in [4.69, 9.17) is 4.74 Å². The minimum absolute atomic E-state index is 0.658. The van der Waals surface area contributed by atoms with E-state index in [1.165, 1.54) is 19.3 Å². The van der Waals surface area contributed by atoms with Gasteiger partial charge in [0.05, 0.1) is 6.61 Å². The fourth-order valence-corrected chi connectivity index (χ4v) is 1.96. The molecule has 1 saturated carbocycles. The summed E-state index contributed by atoms with van der Waals surface area (Å²) in [5.74, 6) is 2.23. The first kappa shape index (κ1) is 12.1. The molecule has 4 heteroatoms. The number of nitrogens with zero attached hydrogens (tertiary/aromatic N) is 2. The van der Waals surface area contributed by atoms with Crippen molar-refractivity contribution in [3.05, 3.63) is 11.8 Å². The molecule has 94 valence electrons. The molecule has 1 aliphatic carbocycles. The lowest BCUT2D eigenvalue weighted by Gasteiger charge is -2.24. The molecule has 4 nitrogen and oxygen atoms in total. The summed E-state index contributed by atoms with van der Waals surface area (Å²) in [6.07, 6.45) is 5.28. The van der Waals surface area contributed by atoms with Gasteiger partial charge in [-0.25, -0.2) is 4.98 Å². The number of hydrogen-bond donors (Lipinski definition) is 1. The maximum atomic E-state index is 5.69. The van der Waals surface area contributed by atoms with E-state index in [-0.39, 0.29) is 0 Å². The molecular weight excluding hydrogens is 214 g/mol. The molecule has 0 saturated heterocycles. The van der Waals surface area contributed by atoms with Crippen LogP contribution in [0.4, 0.5) is 5.95 Å². The number of aryl methyl sites for hydroxylation is 1. The van der Waals surface area contributed by atoms with Gasteiger partial charge in [-0.2, -0.15) is 4.98 Å². The van der Waals surface area contributed by atoms with Gasteiger partial charge in [-0.3, -0.25) is 0 Å². The van der Waals surface area contributed by atoms with Gasteiger partial charge in [0.1, 0.15) is 0 Å². The average Bonchev–Trinajstić information content (AvgIpc) is 2.21. The van der Waals surface area contributed by atoms with Crippen molar-refractivity contribution in [3.63, 3.8) is 0 Å². The van der Waals surface area contributed by atoms with E-state index < -0.39 is 0 Å². The fourth-order valence-electron chi connectivity index (χ4n) is 1.96. The minimum atomic E-state index is 0.658. The summed E-state index contributed by atoms with van der Waals surface area (Å²) in [4.78, 5) is 8.61. The summed E-state index contributed by atoms with van der Waals surface area (Å²) in [5, 5.41) is 3.11. The van der Waals surface area contributed by atoms with E-state index in [2.05, 4.69) is 15.3 Å². The van der Waals surface area contributed by atoms with Crippen LogP contribution in [0.15, 0.2) is 6.07 Å². The summed E-state index contributed by atoms with van der Waals surface area (Å²) < 4.78 is 5.69. The van der Waals surface area contributed by atoms with Crippen molar-refractivity contribution in [2.45, 2.75) is 39.5 Å². The second-order valence-electron chi connectivity index (χ2n) is 4.64. The van der Waals surface area contributed by atoms with Crippen LogP contribution >= 0.6 is 0 Å². The summed E-state index contributed by atoms with van der Waals surface area (Å²) in [6, 6.07) is 1.89. The maximum Gasteiger partial charge on any atom is 0.226 e. The molecule has 0 spiro atoms. The van der Waals surface area contributed by atoms with E-state index in [1.807, 2.05) is 19.9 Å². The predicted molar refractivity (Wildman–Crippen MR) is 68.4 cm³/mol. The monoisotopic (exact) mass is 235 g/mol. The van der Waals surface area contributed by atoms with Crippen LogP contribution < -0.4 is 10.1 Å². The van der Waals surface area contributed by atoms with Crippen molar-refractivity contribution < 1.29 is 4.74 Å². The Morgan fingerprint density at radius 2 is 2.24 bits per heavy atom. The van der Waals surface area contributed by atoms with Gasteiger partial charge < -0.3 is 10.1 Å². The van der Waals surface area contributed by atoms with E-state index in [0.29, 0.717) is 11.8 Å². The number of nitrogens with one attached hydrogen (secondary N) is 1. The molecule has 2 rings (SSSR count). The summed E-state index contributed by atoms with van der Waals surface area (Å²) in [5.41, 5.74) is 0.939. The van der Waals surface area contributed by atoms with Crippen LogP contribution in [0.3, 0.4) is 0 Å². The van der Waals surface area contributed by atoms with Gasteiger partial charge in [-0.15, -0.1) is 0 Å². The largest absolute Gasteiger partial charge is 0.478 e. The van der Waals surface area contributed by atoms with E-state index >= 15 is 0 Å². The highest BCUT2D eigenvalue weighted by Gasteiger charge is 2.17. The van der Waals surface area contributed by atoms with E-state index in [0.717, 1.165) is 31.2 Å². The Kier molecular flexibility index (Phi) is 4.18. The Balaban J connectivity index is 1.85. The van der Waals surface area contributed by atoms with Gasteiger partial charge in [0.15, 0.2) is 0 Å². The van der Waals surface area contributed by atoms with E-state index in [9.17, 15) is 0 Å². The van der Waals surface area contributed by atoms with E-state index in [1.54, 1.807) is 0 Å². The molecule has 1 N–H and O–H groups in total. The lowest BCUT2D eigenvalue weighted by Crippen LogP contribution is -2.15. The molecule has 0 radical (unpaired) electrons. The molecular formula is C13H21N3O. The van der Waals surface area contributed by atoms with Crippen molar-refractivity contribution in [1.82, 2.24) is 9.97 Å². The first-order valence-corrected chi connectivity index (χ1v) is 6.50. The molecule has 17 heavy (non-hydrogen) atoms. The SMILES string of the molecule is CCNc1nc(C)cc(OCCC2CCC2)n1. The zero-order chi connectivity index (χ0) is 12.1. The number of ether oxygens (including phenoxy) is 1. The average molecular weight is 235 g/mol. The Hall–Kier alpha value is -1.32. The van der Waals surface area contributed by atoms with Crippen LogP contribution in [0, 0.1) is 12.8 Å². The first-order chi connectivity index (χ1) is 8.28. The number of rotatable bonds is 6. The molecule has 0 aromatic carbocycles. The van der Waals surface area contributed by atoms with Gasteiger partial charge in [0.25, 0.3) is 0 Å². The quantitative estimate of drug-likeness (QED) is 0.823. The number of aromatic nitrogens is 2. The zero-order valence-electron chi connectivity index (χ0n) is 10.7. The van der Waals surface area contributed by atoms with Crippen LogP contribution in [-0.4, -0.2) is 23.1 Å². The number of hydrogen-bond acceptors (Lipinski definition) is 4. The van der Waals surface area contributed by atoms with Crippen LogP contribution in [0.5, 0.6) is 5.88 Å². The molecule has 1 heterocycles. The van der Waals surface area contributed by atoms with Crippen LogP contribution in [-0.2, 0) is 0 Å². The minimum Gasteiger partial charge on any atom is -0.478 e. The molecule has 0 atom stereocenters. The number of anilines is 1. The van der Waals surface area contributed by atoms with Crippen molar-refractivity contribution in [1.29, 1.82) is 0 Å². The van der Waals surface area contributed by atoms with Crippen LogP contribution in [0.2, 0.25) is 0 Å².